The number of anilines is 1. The number of nitro benzene ring substituents is 1. The summed E-state index contributed by atoms with van der Waals surface area (Å²) in [6, 6.07) is 11.3. The van der Waals surface area contributed by atoms with Crippen LogP contribution in [0.4, 0.5) is 11.4 Å². The fourth-order valence-corrected chi connectivity index (χ4v) is 5.17. The van der Waals surface area contributed by atoms with Crippen LogP contribution in [-0.4, -0.2) is 80.9 Å². The van der Waals surface area contributed by atoms with E-state index in [4.69, 9.17) is 11.5 Å². The minimum absolute atomic E-state index is 0.00568. The molecule has 0 fully saturated rings. The molecular weight excluding hydrogens is 592 g/mol. The van der Waals surface area contributed by atoms with Crippen LogP contribution in [0, 0.1) is 10.1 Å². The SMILES string of the molecule is NCCCNCCCNC(=O)c1cc(C(=O)NCCCNCCCN)cc(N2C(=O)c3cccc4cc([N+](=O)[O-])cc(c34)C2=O)c1. The smallest absolute Gasteiger partial charge is 0.270 e. The maximum Gasteiger partial charge on any atom is 0.270 e. The molecule has 0 unspecified atom stereocenters. The van der Waals surface area contributed by atoms with Crippen LogP contribution in [0.25, 0.3) is 10.8 Å². The maximum atomic E-state index is 13.8. The zero-order valence-electron chi connectivity index (χ0n) is 25.6. The monoisotopic (exact) mass is 632 g/mol. The Labute approximate surface area is 266 Å². The van der Waals surface area contributed by atoms with Crippen LogP contribution in [0.1, 0.15) is 67.1 Å². The van der Waals surface area contributed by atoms with Gasteiger partial charge in [-0.2, -0.15) is 0 Å². The van der Waals surface area contributed by atoms with Gasteiger partial charge in [-0.1, -0.05) is 12.1 Å². The molecule has 0 aliphatic carbocycles. The van der Waals surface area contributed by atoms with E-state index < -0.39 is 28.6 Å². The second-order valence-electron chi connectivity index (χ2n) is 10.9. The first kappa shape index (κ1) is 34.1. The molecule has 0 saturated carbocycles. The van der Waals surface area contributed by atoms with E-state index in [-0.39, 0.29) is 33.6 Å². The predicted molar refractivity (Wildman–Crippen MR) is 175 cm³/mol. The van der Waals surface area contributed by atoms with Gasteiger partial charge in [0.25, 0.3) is 29.3 Å². The van der Waals surface area contributed by atoms with Gasteiger partial charge < -0.3 is 32.7 Å². The Balaban J connectivity index is 1.61. The van der Waals surface area contributed by atoms with Gasteiger partial charge in [0.1, 0.15) is 0 Å². The number of carbonyl (C=O) groups is 4. The van der Waals surface area contributed by atoms with Gasteiger partial charge in [-0.05, 0) is 94.6 Å². The maximum absolute atomic E-state index is 13.8. The largest absolute Gasteiger partial charge is 0.352 e. The predicted octanol–water partition coefficient (Wildman–Crippen LogP) is 1.67. The molecule has 0 aromatic heterocycles. The fraction of sp³-hybridized carbons (Fsp3) is 0.375. The molecule has 1 heterocycles. The number of benzene rings is 3. The van der Waals surface area contributed by atoms with Crippen molar-refractivity contribution in [2.75, 3.05) is 57.3 Å². The van der Waals surface area contributed by atoms with Crippen LogP contribution in [0.3, 0.4) is 0 Å². The molecular formula is C32H40N8O6. The molecule has 46 heavy (non-hydrogen) atoms. The van der Waals surface area contributed by atoms with E-state index in [1.807, 2.05) is 0 Å². The summed E-state index contributed by atoms with van der Waals surface area (Å²) >= 11 is 0. The van der Waals surface area contributed by atoms with E-state index >= 15 is 0 Å². The number of nitrogens with two attached hydrogens (primary N) is 2. The Morgan fingerprint density at radius 1 is 0.717 bits per heavy atom. The van der Waals surface area contributed by atoms with Gasteiger partial charge in [0.2, 0.25) is 0 Å². The molecule has 4 amide bonds. The van der Waals surface area contributed by atoms with Crippen molar-refractivity contribution in [2.45, 2.75) is 25.7 Å². The number of nitrogens with zero attached hydrogens (tertiary/aromatic N) is 2. The molecule has 14 heteroatoms. The highest BCUT2D eigenvalue weighted by Gasteiger charge is 2.36. The Bertz CT molecular complexity index is 1560. The molecule has 0 saturated heterocycles. The topological polar surface area (TPSA) is 215 Å². The van der Waals surface area contributed by atoms with Gasteiger partial charge in [0, 0.05) is 47.3 Å². The molecule has 3 aromatic carbocycles. The Morgan fingerprint density at radius 3 is 1.80 bits per heavy atom. The summed E-state index contributed by atoms with van der Waals surface area (Å²) in [4.78, 5) is 66.0. The molecule has 1 aliphatic rings. The molecule has 14 nitrogen and oxygen atoms in total. The first-order chi connectivity index (χ1) is 22.3. The summed E-state index contributed by atoms with van der Waals surface area (Å²) in [5, 5.41) is 24.4. The average molecular weight is 633 g/mol. The lowest BCUT2D eigenvalue weighted by molar-refractivity contribution is -0.384. The summed E-state index contributed by atoms with van der Waals surface area (Å²) in [6.07, 6.45) is 2.97. The molecule has 4 rings (SSSR count). The van der Waals surface area contributed by atoms with Crippen molar-refractivity contribution in [2.24, 2.45) is 11.5 Å². The molecule has 244 valence electrons. The van der Waals surface area contributed by atoms with Crippen molar-refractivity contribution in [1.29, 1.82) is 0 Å². The minimum atomic E-state index is -0.798. The van der Waals surface area contributed by atoms with Gasteiger partial charge in [0.05, 0.1) is 16.2 Å². The van der Waals surface area contributed by atoms with E-state index in [0.717, 1.165) is 36.9 Å². The summed E-state index contributed by atoms with van der Waals surface area (Å²) in [7, 11) is 0. The zero-order chi connectivity index (χ0) is 33.1. The molecule has 0 radical (unpaired) electrons. The number of non-ortho nitro benzene ring substituents is 1. The summed E-state index contributed by atoms with van der Waals surface area (Å²) in [5.74, 6) is -2.45. The number of hydrogen-bond acceptors (Lipinski definition) is 10. The molecule has 1 aliphatic heterocycles. The van der Waals surface area contributed by atoms with Gasteiger partial charge in [-0.25, -0.2) is 4.90 Å². The Hall–Kier alpha value is -4.76. The van der Waals surface area contributed by atoms with Gasteiger partial charge in [0.15, 0.2) is 0 Å². The first-order valence-electron chi connectivity index (χ1n) is 15.4. The molecule has 8 N–H and O–H groups in total. The lowest BCUT2D eigenvalue weighted by atomic mass is 9.92. The van der Waals surface area contributed by atoms with E-state index in [0.29, 0.717) is 62.9 Å². The number of amides is 4. The third-order valence-corrected chi connectivity index (χ3v) is 7.49. The standard InChI is InChI=1S/C32H40N8O6/c33-8-2-10-35-12-4-14-37-29(41)22-16-23(30(42)38-15-5-13-36-11-3-9-34)19-24(18-22)39-31(43)26-7-1-6-21-17-25(40(45)46)20-27(28(21)26)32(39)44/h1,6-7,16-20,35-36H,2-5,8-15,33-34H2,(H,37,41)(H,38,42). The van der Waals surface area contributed by atoms with E-state index in [2.05, 4.69) is 21.3 Å². The van der Waals surface area contributed by atoms with Crippen molar-refractivity contribution in [3.63, 3.8) is 0 Å². The van der Waals surface area contributed by atoms with Crippen LogP contribution in [0.15, 0.2) is 48.5 Å². The zero-order valence-corrected chi connectivity index (χ0v) is 25.6. The third kappa shape index (κ3) is 8.28. The van der Waals surface area contributed by atoms with Crippen LogP contribution in [0.5, 0.6) is 0 Å². The summed E-state index contributed by atoms with van der Waals surface area (Å²) < 4.78 is 0. The Kier molecular flexibility index (Phi) is 12.3. The van der Waals surface area contributed by atoms with Crippen molar-refractivity contribution in [3.05, 3.63) is 80.9 Å². The molecule has 0 bridgehead atoms. The summed E-state index contributed by atoms with van der Waals surface area (Å²) in [6.45, 7) is 4.74. The first-order valence-corrected chi connectivity index (χ1v) is 15.4. The van der Waals surface area contributed by atoms with Gasteiger partial charge in [-0.3, -0.25) is 29.3 Å². The van der Waals surface area contributed by atoms with Gasteiger partial charge >= 0.3 is 0 Å². The normalized spacial score (nSPS) is 12.4. The Morgan fingerprint density at radius 2 is 1.26 bits per heavy atom. The van der Waals surface area contributed by atoms with E-state index in [1.165, 1.54) is 30.3 Å². The second-order valence-corrected chi connectivity index (χ2v) is 10.9. The van der Waals surface area contributed by atoms with E-state index in [1.54, 1.807) is 12.1 Å². The van der Waals surface area contributed by atoms with Crippen LogP contribution < -0.4 is 37.6 Å². The molecule has 0 spiro atoms. The second kappa shape index (κ2) is 16.5. The van der Waals surface area contributed by atoms with Crippen LogP contribution in [-0.2, 0) is 0 Å². The molecule has 3 aromatic rings. The van der Waals surface area contributed by atoms with Crippen LogP contribution in [0.2, 0.25) is 0 Å². The number of hydrogen-bond donors (Lipinski definition) is 6. The lowest BCUT2D eigenvalue weighted by Gasteiger charge is -2.27. The number of nitro groups is 1. The fourth-order valence-electron chi connectivity index (χ4n) is 5.17. The van der Waals surface area contributed by atoms with Crippen molar-refractivity contribution < 1.29 is 24.1 Å². The highest BCUT2D eigenvalue weighted by Crippen LogP contribution is 2.36. The minimum Gasteiger partial charge on any atom is -0.352 e. The third-order valence-electron chi connectivity index (χ3n) is 7.49. The summed E-state index contributed by atoms with van der Waals surface area (Å²) in [5.41, 5.74) is 11.0. The van der Waals surface area contributed by atoms with Crippen molar-refractivity contribution in [1.82, 2.24) is 21.3 Å². The number of carbonyl (C=O) groups excluding carboxylic acids is 4. The number of imide groups is 1. The van der Waals surface area contributed by atoms with Crippen molar-refractivity contribution in [3.8, 4) is 0 Å². The van der Waals surface area contributed by atoms with E-state index in [9.17, 15) is 29.3 Å². The number of rotatable bonds is 18. The average Bonchev–Trinajstić information content (AvgIpc) is 3.05. The van der Waals surface area contributed by atoms with Crippen LogP contribution >= 0.6 is 0 Å². The lowest BCUT2D eigenvalue weighted by Crippen LogP contribution is -2.41. The quantitative estimate of drug-likeness (QED) is 0.0516. The highest BCUT2D eigenvalue weighted by molar-refractivity contribution is 6.36. The number of nitrogens with one attached hydrogen (secondary N) is 4. The highest BCUT2D eigenvalue weighted by atomic mass is 16.6. The van der Waals surface area contributed by atoms with Crippen molar-refractivity contribution >= 4 is 45.8 Å². The molecule has 0 atom stereocenters. The van der Waals surface area contributed by atoms with Gasteiger partial charge in [-0.15, -0.1) is 0 Å².